The lowest BCUT2D eigenvalue weighted by molar-refractivity contribution is -0.154. The summed E-state index contributed by atoms with van der Waals surface area (Å²) in [5.41, 5.74) is 3.37. The van der Waals surface area contributed by atoms with Gasteiger partial charge in [-0.15, -0.1) is 0 Å². The van der Waals surface area contributed by atoms with E-state index >= 15 is 0 Å². The fraction of sp³-hybridized carbons (Fsp3) is 0.300. The molecule has 0 amide bonds. The number of carboxylic acid groups (broad SMARTS) is 2. The third-order valence-electron chi connectivity index (χ3n) is 4.64. The first-order valence-corrected chi connectivity index (χ1v) is 8.76. The summed E-state index contributed by atoms with van der Waals surface area (Å²) in [5.74, 6) is -3.42. The Hall–Kier alpha value is -3.22. The van der Waals surface area contributed by atoms with E-state index in [4.69, 9.17) is 10.2 Å². The van der Waals surface area contributed by atoms with Gasteiger partial charge in [0.05, 0.1) is 5.69 Å². The Morgan fingerprint density at radius 1 is 1.19 bits per heavy atom. The van der Waals surface area contributed by atoms with Crippen LogP contribution in [0.4, 0.5) is 11.6 Å². The first kappa shape index (κ1) is 18.6. The number of carboxylic acids is 2. The molecule has 1 aliphatic rings. The molecule has 0 aliphatic carbocycles. The minimum atomic E-state index is -1.42. The van der Waals surface area contributed by atoms with Crippen LogP contribution in [0.15, 0.2) is 48.8 Å². The minimum Gasteiger partial charge on any atom is -0.481 e. The van der Waals surface area contributed by atoms with Crippen LogP contribution < -0.4 is 4.90 Å². The van der Waals surface area contributed by atoms with Gasteiger partial charge in [-0.3, -0.25) is 9.59 Å². The molecule has 27 heavy (non-hydrogen) atoms. The highest BCUT2D eigenvalue weighted by Gasteiger charge is 2.30. The molecule has 0 saturated heterocycles. The second-order valence-corrected chi connectivity index (χ2v) is 6.54. The van der Waals surface area contributed by atoms with Crippen LogP contribution in [0.25, 0.3) is 0 Å². The van der Waals surface area contributed by atoms with Crippen molar-refractivity contribution in [3.63, 3.8) is 0 Å². The lowest BCUT2D eigenvalue weighted by Gasteiger charge is -2.24. The summed E-state index contributed by atoms with van der Waals surface area (Å²) in [6.45, 7) is 2.13. The first-order chi connectivity index (χ1) is 13.0. The molecule has 3 rings (SSSR count). The number of rotatable bonds is 7. The van der Waals surface area contributed by atoms with Gasteiger partial charge < -0.3 is 15.1 Å². The van der Waals surface area contributed by atoms with Gasteiger partial charge in [-0.1, -0.05) is 30.4 Å². The minimum absolute atomic E-state index is 0.0401. The smallest absolute Gasteiger partial charge is 0.318 e. The number of carbonyl (C=O) groups is 2. The maximum atomic E-state index is 11.0. The van der Waals surface area contributed by atoms with E-state index in [1.54, 1.807) is 24.5 Å². The van der Waals surface area contributed by atoms with Gasteiger partial charge in [0, 0.05) is 18.4 Å². The summed E-state index contributed by atoms with van der Waals surface area (Å²) >= 11 is 0. The molecule has 2 aromatic rings. The second-order valence-electron chi connectivity index (χ2n) is 6.54. The Kier molecular flexibility index (Phi) is 5.49. The molecule has 2 N–H and O–H groups in total. The Morgan fingerprint density at radius 3 is 2.56 bits per heavy atom. The summed E-state index contributed by atoms with van der Waals surface area (Å²) in [6.07, 6.45) is 8.30. The van der Waals surface area contributed by atoms with Crippen LogP contribution in [0.3, 0.4) is 0 Å². The van der Waals surface area contributed by atoms with Crippen LogP contribution in [0.2, 0.25) is 0 Å². The van der Waals surface area contributed by atoms with Crippen molar-refractivity contribution >= 4 is 23.6 Å². The van der Waals surface area contributed by atoms with Crippen molar-refractivity contribution in [1.82, 2.24) is 9.97 Å². The summed E-state index contributed by atoms with van der Waals surface area (Å²) in [7, 11) is 0. The summed E-state index contributed by atoms with van der Waals surface area (Å²) in [6, 6.07) is 8.12. The van der Waals surface area contributed by atoms with Gasteiger partial charge in [-0.25, -0.2) is 9.97 Å². The highest BCUT2D eigenvalue weighted by Crippen LogP contribution is 2.39. The van der Waals surface area contributed by atoms with Crippen LogP contribution >= 0.6 is 0 Å². The Bertz CT molecular complexity index is 853. The predicted molar refractivity (Wildman–Crippen MR) is 100 cm³/mol. The SMILES string of the molecule is CC1Cc2cccc(CC=CCC(C(=O)O)C(=O)O)c2N1c1ncccn1. The third-order valence-corrected chi connectivity index (χ3v) is 4.64. The molecule has 7 nitrogen and oxygen atoms in total. The van der Waals surface area contributed by atoms with Crippen molar-refractivity contribution in [2.24, 2.45) is 5.92 Å². The van der Waals surface area contributed by atoms with E-state index < -0.39 is 17.9 Å². The number of hydrogen-bond acceptors (Lipinski definition) is 5. The molecule has 140 valence electrons. The van der Waals surface area contributed by atoms with Crippen molar-refractivity contribution in [2.75, 3.05) is 4.90 Å². The van der Waals surface area contributed by atoms with Crippen molar-refractivity contribution in [2.45, 2.75) is 32.2 Å². The molecule has 7 heteroatoms. The van der Waals surface area contributed by atoms with E-state index in [-0.39, 0.29) is 12.5 Å². The quantitative estimate of drug-likeness (QED) is 0.573. The zero-order valence-electron chi connectivity index (χ0n) is 14.9. The van der Waals surface area contributed by atoms with Gasteiger partial charge in [0.15, 0.2) is 5.92 Å². The van der Waals surface area contributed by atoms with Crippen LogP contribution in [0, 0.1) is 5.92 Å². The number of aromatic nitrogens is 2. The summed E-state index contributed by atoms with van der Waals surface area (Å²) < 4.78 is 0. The largest absolute Gasteiger partial charge is 0.481 e. The van der Waals surface area contributed by atoms with Gasteiger partial charge in [0.1, 0.15) is 0 Å². The first-order valence-electron chi connectivity index (χ1n) is 8.76. The van der Waals surface area contributed by atoms with Crippen LogP contribution in [-0.2, 0) is 22.4 Å². The van der Waals surface area contributed by atoms with Gasteiger partial charge >= 0.3 is 11.9 Å². The van der Waals surface area contributed by atoms with Gasteiger partial charge in [-0.05, 0) is 43.4 Å². The number of hydrogen-bond donors (Lipinski definition) is 2. The average molecular weight is 367 g/mol. The lowest BCUT2D eigenvalue weighted by Crippen LogP contribution is -2.26. The Morgan fingerprint density at radius 2 is 1.89 bits per heavy atom. The highest BCUT2D eigenvalue weighted by molar-refractivity contribution is 5.93. The molecule has 1 unspecified atom stereocenters. The topological polar surface area (TPSA) is 104 Å². The van der Waals surface area contributed by atoms with E-state index in [0.717, 1.165) is 17.7 Å². The van der Waals surface area contributed by atoms with Crippen molar-refractivity contribution < 1.29 is 19.8 Å². The zero-order chi connectivity index (χ0) is 19.4. The van der Waals surface area contributed by atoms with Crippen LogP contribution in [0.1, 0.15) is 24.5 Å². The van der Waals surface area contributed by atoms with Crippen molar-refractivity contribution in [1.29, 1.82) is 0 Å². The predicted octanol–water partition coefficient (Wildman–Crippen LogP) is 2.83. The zero-order valence-corrected chi connectivity index (χ0v) is 14.9. The Labute approximate surface area is 157 Å². The maximum Gasteiger partial charge on any atom is 0.318 e. The fourth-order valence-electron chi connectivity index (χ4n) is 3.38. The molecular weight excluding hydrogens is 346 g/mol. The number of allylic oxidation sites excluding steroid dienone is 2. The third kappa shape index (κ3) is 3.97. The van der Waals surface area contributed by atoms with E-state index in [9.17, 15) is 9.59 Å². The number of aliphatic carboxylic acids is 2. The standard InChI is InChI=1S/C20H21N3O4/c1-13-12-15-8-4-7-14(6-2-3-9-16(18(24)25)19(26)27)17(15)23(13)20-21-10-5-11-22-20/h2-5,7-8,10-11,13,16H,6,9,12H2,1H3,(H,24,25)(H,26,27). The normalized spacial score (nSPS) is 16.1. The van der Waals surface area contributed by atoms with Gasteiger partial charge in [0.25, 0.3) is 0 Å². The number of benzene rings is 1. The summed E-state index contributed by atoms with van der Waals surface area (Å²) in [5, 5.41) is 17.9. The molecule has 0 spiro atoms. The van der Waals surface area contributed by atoms with E-state index in [1.165, 1.54) is 5.56 Å². The Balaban J connectivity index is 1.81. The van der Waals surface area contributed by atoms with E-state index in [0.29, 0.717) is 12.4 Å². The lowest BCUT2D eigenvalue weighted by atomic mass is 10.0. The molecule has 0 radical (unpaired) electrons. The van der Waals surface area contributed by atoms with Crippen LogP contribution in [-0.4, -0.2) is 38.2 Å². The molecular formula is C20H21N3O4. The molecule has 0 bridgehead atoms. The molecule has 0 fully saturated rings. The number of anilines is 2. The number of fused-ring (bicyclic) bond motifs is 1. The molecule has 1 aromatic carbocycles. The maximum absolute atomic E-state index is 11.0. The molecule has 1 atom stereocenters. The van der Waals surface area contributed by atoms with Crippen molar-refractivity contribution in [3.05, 3.63) is 59.9 Å². The molecule has 1 aliphatic heterocycles. The van der Waals surface area contributed by atoms with Crippen LogP contribution in [0.5, 0.6) is 0 Å². The molecule has 2 heterocycles. The monoisotopic (exact) mass is 367 g/mol. The van der Waals surface area contributed by atoms with E-state index in [1.807, 2.05) is 18.2 Å². The van der Waals surface area contributed by atoms with E-state index in [2.05, 4.69) is 27.9 Å². The molecule has 1 aromatic heterocycles. The molecule has 0 saturated carbocycles. The fourth-order valence-corrected chi connectivity index (χ4v) is 3.38. The van der Waals surface area contributed by atoms with Gasteiger partial charge in [0.2, 0.25) is 5.95 Å². The number of nitrogens with zero attached hydrogens (tertiary/aromatic N) is 3. The van der Waals surface area contributed by atoms with Crippen molar-refractivity contribution in [3.8, 4) is 0 Å². The summed E-state index contributed by atoms with van der Waals surface area (Å²) in [4.78, 5) is 32.8. The highest BCUT2D eigenvalue weighted by atomic mass is 16.4. The number of para-hydroxylation sites is 1. The average Bonchev–Trinajstić information content (AvgIpc) is 2.98. The van der Waals surface area contributed by atoms with Gasteiger partial charge in [-0.2, -0.15) is 0 Å². The second kappa shape index (κ2) is 7.99.